The summed E-state index contributed by atoms with van der Waals surface area (Å²) in [5, 5.41) is 11.2. The van der Waals surface area contributed by atoms with E-state index < -0.39 is 0 Å². The zero-order valence-corrected chi connectivity index (χ0v) is 16.7. The van der Waals surface area contributed by atoms with E-state index in [1.54, 1.807) is 17.1 Å². The molecule has 29 heavy (non-hydrogen) atoms. The van der Waals surface area contributed by atoms with Gasteiger partial charge in [-0.05, 0) is 32.0 Å². The van der Waals surface area contributed by atoms with Crippen LogP contribution >= 0.6 is 0 Å². The number of carboxylic acid groups (broad SMARTS) is 1. The van der Waals surface area contributed by atoms with Gasteiger partial charge >= 0.3 is 0 Å². The molecule has 158 valence electrons. The monoisotopic (exact) mass is 403 g/mol. The Morgan fingerprint density at radius 2 is 2.10 bits per heavy atom. The Labute approximate surface area is 170 Å². The lowest BCUT2D eigenvalue weighted by molar-refractivity contribution is -0.122. The zero-order valence-electron chi connectivity index (χ0n) is 16.7. The van der Waals surface area contributed by atoms with Gasteiger partial charge in [-0.2, -0.15) is 5.10 Å². The number of likely N-dealkylation sites (tertiary alicyclic amines) is 1. The summed E-state index contributed by atoms with van der Waals surface area (Å²) in [4.78, 5) is 28.9. The van der Waals surface area contributed by atoms with E-state index in [0.29, 0.717) is 18.7 Å². The summed E-state index contributed by atoms with van der Waals surface area (Å²) in [5.74, 6) is 0.0482. The number of hydrogen-bond acceptors (Lipinski definition) is 5. The molecule has 2 aliphatic heterocycles. The van der Waals surface area contributed by atoms with Crippen LogP contribution in [0.1, 0.15) is 41.2 Å². The average Bonchev–Trinajstić information content (AvgIpc) is 3.41. The van der Waals surface area contributed by atoms with Gasteiger partial charge in [0.05, 0.1) is 30.5 Å². The van der Waals surface area contributed by atoms with Gasteiger partial charge in [-0.25, -0.2) is 0 Å². The summed E-state index contributed by atoms with van der Waals surface area (Å²) in [5.41, 5.74) is 1.73. The predicted octanol–water partition coefficient (Wildman–Crippen LogP) is 1.52. The van der Waals surface area contributed by atoms with Crippen molar-refractivity contribution in [2.45, 2.75) is 31.4 Å². The molecule has 0 saturated carbocycles. The van der Waals surface area contributed by atoms with Crippen molar-refractivity contribution >= 4 is 12.4 Å². The van der Waals surface area contributed by atoms with Gasteiger partial charge in [0.2, 0.25) is 0 Å². The largest absolute Gasteiger partial charge is 0.483 e. The Hall–Kier alpha value is -2.65. The molecular formula is C20H29N5O4. The Kier molecular flexibility index (Phi) is 7.42. The zero-order chi connectivity index (χ0) is 20.6. The predicted molar refractivity (Wildman–Crippen MR) is 107 cm³/mol. The lowest BCUT2D eigenvalue weighted by Gasteiger charge is -2.43. The molecule has 1 amide bonds. The summed E-state index contributed by atoms with van der Waals surface area (Å²) in [6.07, 6.45) is 11.2. The fourth-order valence-electron chi connectivity index (χ4n) is 4.12. The van der Waals surface area contributed by atoms with E-state index in [4.69, 9.17) is 14.6 Å². The molecule has 9 heteroatoms. The fraction of sp³-hybridized carbons (Fsp3) is 0.550. The van der Waals surface area contributed by atoms with Crippen molar-refractivity contribution in [3.63, 3.8) is 0 Å². The molecule has 0 bridgehead atoms. The highest BCUT2D eigenvalue weighted by atomic mass is 16.5. The molecule has 9 nitrogen and oxygen atoms in total. The van der Waals surface area contributed by atoms with Crippen LogP contribution in [0.2, 0.25) is 0 Å². The summed E-state index contributed by atoms with van der Waals surface area (Å²) in [6.45, 7) is 4.01. The van der Waals surface area contributed by atoms with Gasteiger partial charge < -0.3 is 24.6 Å². The van der Waals surface area contributed by atoms with E-state index >= 15 is 0 Å². The average molecular weight is 403 g/mol. The second-order valence-corrected chi connectivity index (χ2v) is 7.37. The molecule has 2 fully saturated rings. The van der Waals surface area contributed by atoms with Crippen molar-refractivity contribution in [2.24, 2.45) is 7.05 Å². The van der Waals surface area contributed by atoms with E-state index in [1.807, 2.05) is 30.4 Å². The number of hydrogen-bond donors (Lipinski definition) is 2. The van der Waals surface area contributed by atoms with Gasteiger partial charge in [0.15, 0.2) is 0 Å². The molecule has 0 aliphatic carbocycles. The van der Waals surface area contributed by atoms with Crippen molar-refractivity contribution in [3.8, 4) is 0 Å². The molecule has 2 aromatic rings. The first kappa shape index (κ1) is 21.1. The molecular weight excluding hydrogens is 374 g/mol. The first-order valence-electron chi connectivity index (χ1n) is 9.98. The van der Waals surface area contributed by atoms with Crippen LogP contribution in [-0.4, -0.2) is 80.9 Å². The number of nitrogens with zero attached hydrogens (tertiary/aromatic N) is 4. The van der Waals surface area contributed by atoms with E-state index in [9.17, 15) is 4.79 Å². The second kappa shape index (κ2) is 10.2. The topological polar surface area (TPSA) is 104 Å². The number of piperidine rings is 1. The summed E-state index contributed by atoms with van der Waals surface area (Å²) in [7, 11) is 1.91. The Morgan fingerprint density at radius 1 is 1.34 bits per heavy atom. The quantitative estimate of drug-likeness (QED) is 0.750. The van der Waals surface area contributed by atoms with Gasteiger partial charge in [0, 0.05) is 44.3 Å². The first-order valence-corrected chi connectivity index (χ1v) is 9.98. The van der Waals surface area contributed by atoms with E-state index in [2.05, 4.69) is 15.0 Å². The van der Waals surface area contributed by atoms with Crippen molar-refractivity contribution in [1.29, 1.82) is 0 Å². The minimum Gasteiger partial charge on any atom is -0.483 e. The molecule has 2 N–H and O–H groups in total. The van der Waals surface area contributed by atoms with Gasteiger partial charge in [0.25, 0.3) is 12.4 Å². The molecule has 2 saturated heterocycles. The third kappa shape index (κ3) is 5.24. The number of ether oxygens (including phenoxy) is 1. The van der Waals surface area contributed by atoms with Gasteiger partial charge in [-0.15, -0.1) is 0 Å². The summed E-state index contributed by atoms with van der Waals surface area (Å²) >= 11 is 0. The number of morpholine rings is 1. The maximum Gasteiger partial charge on any atom is 0.290 e. The van der Waals surface area contributed by atoms with Crippen LogP contribution in [0.3, 0.4) is 0 Å². The number of aromatic amines is 1. The molecule has 2 aromatic heterocycles. The molecule has 4 heterocycles. The van der Waals surface area contributed by atoms with Crippen molar-refractivity contribution in [3.05, 3.63) is 42.0 Å². The molecule has 0 spiro atoms. The number of aryl methyl sites for hydroxylation is 1. The van der Waals surface area contributed by atoms with Crippen molar-refractivity contribution in [1.82, 2.24) is 24.6 Å². The Morgan fingerprint density at radius 3 is 2.72 bits per heavy atom. The van der Waals surface area contributed by atoms with E-state index in [1.165, 1.54) is 19.3 Å². The third-order valence-corrected chi connectivity index (χ3v) is 5.41. The summed E-state index contributed by atoms with van der Waals surface area (Å²) < 4.78 is 7.97. The van der Waals surface area contributed by atoms with Gasteiger partial charge in [-0.3, -0.25) is 14.3 Å². The van der Waals surface area contributed by atoms with Gasteiger partial charge in [0.1, 0.15) is 0 Å². The van der Waals surface area contributed by atoms with Crippen LogP contribution in [0, 0.1) is 0 Å². The second-order valence-electron chi connectivity index (χ2n) is 7.37. The maximum atomic E-state index is 13.1. The smallest absolute Gasteiger partial charge is 0.290 e. The van der Waals surface area contributed by atoms with Gasteiger partial charge in [-0.1, -0.05) is 6.42 Å². The lowest BCUT2D eigenvalue weighted by atomic mass is 9.98. The van der Waals surface area contributed by atoms with Crippen LogP contribution < -0.4 is 0 Å². The maximum absolute atomic E-state index is 13.1. The molecule has 0 unspecified atom stereocenters. The standard InChI is InChI=1S/C19H27N5O2.CH2O2/c1-22-13-16(12-21-22)18-17(14-23-7-3-2-4-8-23)26-10-9-24(18)19(25)15-5-6-20-11-15;2-1-3/h5-6,11-13,17-18,20H,2-4,7-10,14H2,1H3;1H,(H,2,3)/t17-,18-;/m0./s1. The SMILES string of the molecule is Cn1cc([C@H]2[C@H](CN3CCCCC3)OCCN2C(=O)c2cc[nH]c2)cn1.O=CO. The number of H-pyrrole nitrogens is 1. The normalized spacial score (nSPS) is 22.6. The number of amides is 1. The Bertz CT molecular complexity index is 770. The number of carbonyl (C=O) groups excluding carboxylic acids is 1. The number of carbonyl (C=O) groups is 2. The fourth-order valence-corrected chi connectivity index (χ4v) is 4.12. The van der Waals surface area contributed by atoms with Crippen molar-refractivity contribution < 1.29 is 19.4 Å². The Balaban J connectivity index is 0.000000755. The van der Waals surface area contributed by atoms with Crippen LogP contribution in [0.25, 0.3) is 0 Å². The number of rotatable bonds is 4. The summed E-state index contributed by atoms with van der Waals surface area (Å²) in [6, 6.07) is 1.72. The number of nitrogens with one attached hydrogen (secondary N) is 1. The molecule has 4 rings (SSSR count). The highest BCUT2D eigenvalue weighted by Crippen LogP contribution is 2.31. The molecule has 2 aliphatic rings. The van der Waals surface area contributed by atoms with E-state index in [-0.39, 0.29) is 24.5 Å². The highest BCUT2D eigenvalue weighted by molar-refractivity contribution is 5.94. The third-order valence-electron chi connectivity index (χ3n) is 5.41. The van der Waals surface area contributed by atoms with Crippen molar-refractivity contribution in [2.75, 3.05) is 32.8 Å². The van der Waals surface area contributed by atoms with Crippen LogP contribution in [0.5, 0.6) is 0 Å². The molecule has 0 aromatic carbocycles. The minimum atomic E-state index is -0.250. The minimum absolute atomic E-state index is 0.0334. The molecule has 2 atom stereocenters. The van der Waals surface area contributed by atoms with Crippen LogP contribution in [0.4, 0.5) is 0 Å². The lowest BCUT2D eigenvalue weighted by Crippen LogP contribution is -2.52. The van der Waals surface area contributed by atoms with Crippen LogP contribution in [0.15, 0.2) is 30.9 Å². The number of aromatic nitrogens is 3. The highest BCUT2D eigenvalue weighted by Gasteiger charge is 2.38. The first-order chi connectivity index (χ1) is 14.1. The van der Waals surface area contributed by atoms with Crippen LogP contribution in [-0.2, 0) is 16.6 Å². The van der Waals surface area contributed by atoms with E-state index in [0.717, 1.165) is 25.2 Å². The molecule has 0 radical (unpaired) electrons.